The van der Waals surface area contributed by atoms with Crippen LogP contribution in [0.3, 0.4) is 0 Å². The number of nitrogens with zero attached hydrogens (tertiary/aromatic N) is 4. The first-order valence-electron chi connectivity index (χ1n) is 9.54. The summed E-state index contributed by atoms with van der Waals surface area (Å²) in [5.74, 6) is 0.114. The topological polar surface area (TPSA) is 122 Å². The van der Waals surface area contributed by atoms with Gasteiger partial charge in [-0.25, -0.2) is 15.0 Å². The predicted molar refractivity (Wildman–Crippen MR) is 115 cm³/mol. The fourth-order valence-electron chi connectivity index (χ4n) is 2.47. The van der Waals surface area contributed by atoms with Gasteiger partial charge in [0.2, 0.25) is 5.95 Å². The van der Waals surface area contributed by atoms with Gasteiger partial charge >= 0.3 is 0 Å². The molecule has 0 fully saturated rings. The number of ether oxygens (including phenoxy) is 1. The maximum Gasteiger partial charge on any atom is 0.263 e. The van der Waals surface area contributed by atoms with E-state index in [0.29, 0.717) is 40.3 Å². The average molecular weight is 429 g/mol. The minimum atomic E-state index is -0.610. The van der Waals surface area contributed by atoms with E-state index in [1.807, 2.05) is 19.9 Å². The Balaban J connectivity index is 1.74. The molecule has 3 rings (SSSR count). The van der Waals surface area contributed by atoms with E-state index < -0.39 is 5.60 Å². The molecule has 3 aromatic rings. The number of aliphatic hydroxyl groups is 1. The average Bonchev–Trinajstić information content (AvgIpc) is 3.21. The van der Waals surface area contributed by atoms with Gasteiger partial charge in [-0.15, -0.1) is 0 Å². The molecular formula is C20H24N6O3S. The smallest absolute Gasteiger partial charge is 0.263 e. The number of carbonyl (C=O) groups is 1. The van der Waals surface area contributed by atoms with E-state index in [-0.39, 0.29) is 19.1 Å². The second-order valence-corrected chi connectivity index (χ2v) is 7.67. The van der Waals surface area contributed by atoms with Gasteiger partial charge in [0.15, 0.2) is 5.13 Å². The summed E-state index contributed by atoms with van der Waals surface area (Å²) in [6.45, 7) is 4.29. The Kier molecular flexibility index (Phi) is 7.39. The van der Waals surface area contributed by atoms with Crippen LogP contribution in [0.2, 0.25) is 0 Å². The van der Waals surface area contributed by atoms with Crippen LogP contribution >= 0.6 is 11.3 Å². The molecule has 0 saturated carbocycles. The maximum atomic E-state index is 12.8. The molecule has 0 radical (unpaired) electrons. The van der Waals surface area contributed by atoms with Crippen LogP contribution in [0.5, 0.6) is 0 Å². The van der Waals surface area contributed by atoms with Gasteiger partial charge in [-0.05, 0) is 31.5 Å². The van der Waals surface area contributed by atoms with E-state index in [4.69, 9.17) is 4.74 Å². The number of rotatable bonds is 10. The van der Waals surface area contributed by atoms with Gasteiger partial charge in [-0.1, -0.05) is 24.3 Å². The Morgan fingerprint density at radius 3 is 2.63 bits per heavy atom. The number of anilines is 2. The molecule has 0 saturated heterocycles. The van der Waals surface area contributed by atoms with E-state index >= 15 is 0 Å². The van der Waals surface area contributed by atoms with Crippen molar-refractivity contribution in [2.45, 2.75) is 25.9 Å². The van der Waals surface area contributed by atoms with Gasteiger partial charge in [-0.3, -0.25) is 9.78 Å². The van der Waals surface area contributed by atoms with E-state index in [1.165, 1.54) is 11.3 Å². The van der Waals surface area contributed by atoms with Crippen LogP contribution in [0, 0.1) is 0 Å². The maximum absolute atomic E-state index is 12.8. The molecule has 3 heterocycles. The zero-order chi connectivity index (χ0) is 21.4. The minimum absolute atomic E-state index is 0.0767. The molecule has 0 spiro atoms. The molecule has 3 N–H and O–H groups in total. The number of thiazole rings is 1. The van der Waals surface area contributed by atoms with Crippen LogP contribution in [0.15, 0.2) is 42.9 Å². The highest BCUT2D eigenvalue weighted by molar-refractivity contribution is 7.18. The number of hydrogen-bond donors (Lipinski definition) is 3. The summed E-state index contributed by atoms with van der Waals surface area (Å²) in [5, 5.41) is 15.8. The predicted octanol–water partition coefficient (Wildman–Crippen LogP) is 2.65. The van der Waals surface area contributed by atoms with Crippen LogP contribution in [0.25, 0.3) is 11.4 Å². The lowest BCUT2D eigenvalue weighted by Crippen LogP contribution is -2.36. The largest absolute Gasteiger partial charge is 0.393 e. The lowest BCUT2D eigenvalue weighted by atomic mass is 10.1. The fourth-order valence-corrected chi connectivity index (χ4v) is 3.35. The SMILES string of the molecule is CCC(C)(CO)OCCNC(=O)c1sc(Nc2ncccn2)nc1-c1ccccn1. The van der Waals surface area contributed by atoms with Gasteiger partial charge < -0.3 is 20.5 Å². The summed E-state index contributed by atoms with van der Waals surface area (Å²) < 4.78 is 5.70. The first-order chi connectivity index (χ1) is 14.5. The van der Waals surface area contributed by atoms with Crippen molar-refractivity contribution in [2.24, 2.45) is 0 Å². The molecule has 9 nitrogen and oxygen atoms in total. The molecule has 10 heteroatoms. The summed E-state index contributed by atoms with van der Waals surface area (Å²) in [5.41, 5.74) is 0.461. The van der Waals surface area contributed by atoms with Crippen LogP contribution < -0.4 is 10.6 Å². The van der Waals surface area contributed by atoms with E-state index in [1.54, 1.807) is 36.8 Å². The Bertz CT molecular complexity index is 948. The Hall–Kier alpha value is -2.95. The summed E-state index contributed by atoms with van der Waals surface area (Å²) in [4.78, 5) is 30.3. The molecule has 30 heavy (non-hydrogen) atoms. The molecular weight excluding hydrogens is 404 g/mol. The highest BCUT2D eigenvalue weighted by Gasteiger charge is 2.23. The summed E-state index contributed by atoms with van der Waals surface area (Å²) >= 11 is 1.19. The summed E-state index contributed by atoms with van der Waals surface area (Å²) in [6.07, 6.45) is 5.56. The lowest BCUT2D eigenvalue weighted by Gasteiger charge is -2.26. The van der Waals surface area contributed by atoms with Crippen molar-refractivity contribution in [2.75, 3.05) is 25.1 Å². The van der Waals surface area contributed by atoms with Crippen LogP contribution in [0.1, 0.15) is 29.9 Å². The third kappa shape index (κ3) is 5.56. The normalized spacial score (nSPS) is 12.9. The summed E-state index contributed by atoms with van der Waals surface area (Å²) in [7, 11) is 0. The molecule has 0 aliphatic carbocycles. The molecule has 1 amide bonds. The number of aromatic nitrogens is 4. The third-order valence-electron chi connectivity index (χ3n) is 4.45. The molecule has 158 valence electrons. The van der Waals surface area contributed by atoms with Crippen molar-refractivity contribution in [3.63, 3.8) is 0 Å². The van der Waals surface area contributed by atoms with Gasteiger partial charge in [-0.2, -0.15) is 0 Å². The number of pyridine rings is 1. The van der Waals surface area contributed by atoms with Crippen molar-refractivity contribution < 1.29 is 14.6 Å². The van der Waals surface area contributed by atoms with E-state index in [9.17, 15) is 9.90 Å². The zero-order valence-electron chi connectivity index (χ0n) is 16.8. The van der Waals surface area contributed by atoms with Crippen molar-refractivity contribution >= 4 is 28.3 Å². The molecule has 1 atom stereocenters. The van der Waals surface area contributed by atoms with Gasteiger partial charge in [0.25, 0.3) is 5.91 Å². The minimum Gasteiger partial charge on any atom is -0.393 e. The first kappa shape index (κ1) is 21.8. The van der Waals surface area contributed by atoms with Crippen molar-refractivity contribution in [1.29, 1.82) is 0 Å². The first-order valence-corrected chi connectivity index (χ1v) is 10.4. The van der Waals surface area contributed by atoms with E-state index in [2.05, 4.69) is 30.6 Å². The van der Waals surface area contributed by atoms with Crippen LogP contribution in [-0.4, -0.2) is 56.3 Å². The molecule has 3 aromatic heterocycles. The highest BCUT2D eigenvalue weighted by Crippen LogP contribution is 2.31. The van der Waals surface area contributed by atoms with Gasteiger partial charge in [0.1, 0.15) is 10.6 Å². The number of hydrogen-bond acceptors (Lipinski definition) is 9. The monoisotopic (exact) mass is 428 g/mol. The number of carbonyl (C=O) groups excluding carboxylic acids is 1. The fraction of sp³-hybridized carbons (Fsp3) is 0.350. The Labute approximate surface area is 178 Å². The zero-order valence-corrected chi connectivity index (χ0v) is 17.6. The van der Waals surface area contributed by atoms with Crippen LogP contribution in [0.4, 0.5) is 11.1 Å². The number of amides is 1. The Morgan fingerprint density at radius 1 is 1.20 bits per heavy atom. The third-order valence-corrected chi connectivity index (χ3v) is 5.42. The lowest BCUT2D eigenvalue weighted by molar-refractivity contribution is -0.0669. The van der Waals surface area contributed by atoms with E-state index in [0.717, 1.165) is 0 Å². The standard InChI is InChI=1S/C20H24N6O3S/c1-3-20(2,13-27)29-12-11-22-17(28)16-15(14-7-4-5-8-21-14)25-19(30-16)26-18-23-9-6-10-24-18/h4-10,27H,3,11-13H2,1-2H3,(H,22,28)(H,23,24,25,26). The van der Waals surface area contributed by atoms with Crippen molar-refractivity contribution in [3.8, 4) is 11.4 Å². The molecule has 0 aliphatic rings. The second kappa shape index (κ2) is 10.2. The number of nitrogens with one attached hydrogen (secondary N) is 2. The van der Waals surface area contributed by atoms with Gasteiger partial charge in [0, 0.05) is 25.1 Å². The highest BCUT2D eigenvalue weighted by atomic mass is 32.1. The quantitative estimate of drug-likeness (QED) is 0.421. The number of aliphatic hydroxyl groups excluding tert-OH is 1. The molecule has 1 unspecified atom stereocenters. The molecule has 0 aromatic carbocycles. The van der Waals surface area contributed by atoms with Crippen LogP contribution in [-0.2, 0) is 4.74 Å². The Morgan fingerprint density at radius 2 is 1.97 bits per heavy atom. The van der Waals surface area contributed by atoms with Crippen molar-refractivity contribution in [3.05, 3.63) is 47.7 Å². The second-order valence-electron chi connectivity index (χ2n) is 6.68. The van der Waals surface area contributed by atoms with Gasteiger partial charge in [0.05, 0.1) is 24.5 Å². The molecule has 0 bridgehead atoms. The van der Waals surface area contributed by atoms with Crippen molar-refractivity contribution in [1.82, 2.24) is 25.3 Å². The molecule has 0 aliphatic heterocycles. The summed E-state index contributed by atoms with van der Waals surface area (Å²) in [6, 6.07) is 7.15.